The lowest BCUT2D eigenvalue weighted by Gasteiger charge is -2.36. The van der Waals surface area contributed by atoms with Crippen molar-refractivity contribution >= 4 is 11.9 Å². The molecule has 1 fully saturated rings. The molecule has 6 nitrogen and oxygen atoms in total. The highest BCUT2D eigenvalue weighted by Crippen LogP contribution is 2.26. The third-order valence-corrected chi connectivity index (χ3v) is 4.60. The summed E-state index contributed by atoms with van der Waals surface area (Å²) in [6.45, 7) is 0.760. The van der Waals surface area contributed by atoms with Crippen LogP contribution in [-0.4, -0.2) is 40.6 Å². The average molecular weight is 370 g/mol. The summed E-state index contributed by atoms with van der Waals surface area (Å²) in [6, 6.07) is 12.7. The number of halogens is 1. The van der Waals surface area contributed by atoms with Crippen LogP contribution in [0.3, 0.4) is 0 Å². The fourth-order valence-corrected chi connectivity index (χ4v) is 3.10. The van der Waals surface area contributed by atoms with Crippen LogP contribution in [0.1, 0.15) is 24.0 Å². The number of urea groups is 1. The van der Waals surface area contributed by atoms with Crippen LogP contribution in [-0.2, 0) is 17.9 Å². The number of likely N-dealkylation sites (tertiary alicyclic amines) is 1. The van der Waals surface area contributed by atoms with Crippen LogP contribution in [0.5, 0.6) is 0 Å². The number of aromatic nitrogens is 1. The number of carbonyl (C=O) groups is 2. The summed E-state index contributed by atoms with van der Waals surface area (Å²) in [5, 5.41) is 5.40. The highest BCUT2D eigenvalue weighted by Gasteiger charge is 2.43. The number of nitrogens with one attached hydrogen (secondary N) is 2. The molecule has 0 radical (unpaired) electrons. The van der Waals surface area contributed by atoms with Gasteiger partial charge in [0.1, 0.15) is 0 Å². The van der Waals surface area contributed by atoms with E-state index in [2.05, 4.69) is 15.6 Å². The molecule has 7 heteroatoms. The van der Waals surface area contributed by atoms with Crippen molar-refractivity contribution in [2.75, 3.05) is 13.1 Å². The van der Waals surface area contributed by atoms with Gasteiger partial charge in [-0.15, -0.1) is 0 Å². The van der Waals surface area contributed by atoms with E-state index in [4.69, 9.17) is 0 Å². The van der Waals surface area contributed by atoms with E-state index in [9.17, 15) is 9.59 Å². The molecule has 1 aromatic heterocycles. The summed E-state index contributed by atoms with van der Waals surface area (Å²) in [5.74, 6) is -0.688. The third-order valence-electron chi connectivity index (χ3n) is 4.60. The molecule has 1 aromatic carbocycles. The van der Waals surface area contributed by atoms with Crippen LogP contribution in [0.4, 0.5) is 9.18 Å². The number of hydrogen-bond acceptors (Lipinski definition) is 3. The molecule has 0 bridgehead atoms. The van der Waals surface area contributed by atoms with E-state index in [1.54, 1.807) is 18.5 Å². The van der Waals surface area contributed by atoms with Crippen LogP contribution in [0.2, 0.25) is 0 Å². The van der Waals surface area contributed by atoms with E-state index in [0.29, 0.717) is 19.5 Å². The summed E-state index contributed by atoms with van der Waals surface area (Å²) in [6.07, 6.45) is 3.80. The Bertz CT molecular complexity index is 772. The number of benzene rings is 1. The van der Waals surface area contributed by atoms with Gasteiger partial charge in [-0.1, -0.05) is 36.4 Å². The van der Waals surface area contributed by atoms with Crippen molar-refractivity contribution < 1.29 is 14.0 Å². The molecule has 1 aliphatic heterocycles. The first-order valence-electron chi connectivity index (χ1n) is 9.00. The van der Waals surface area contributed by atoms with E-state index < -0.39 is 11.6 Å². The first-order valence-corrected chi connectivity index (χ1v) is 9.00. The summed E-state index contributed by atoms with van der Waals surface area (Å²) in [5.41, 5.74) is -0.323. The minimum atomic E-state index is -2.08. The van der Waals surface area contributed by atoms with Crippen molar-refractivity contribution in [3.8, 4) is 0 Å². The van der Waals surface area contributed by atoms with Crippen LogP contribution < -0.4 is 10.6 Å². The molecule has 2 aromatic rings. The molecule has 27 heavy (non-hydrogen) atoms. The van der Waals surface area contributed by atoms with E-state index in [1.807, 2.05) is 36.4 Å². The van der Waals surface area contributed by atoms with Gasteiger partial charge in [-0.25, -0.2) is 9.18 Å². The Balaban J connectivity index is 1.53. The molecule has 142 valence electrons. The number of alkyl halides is 1. The summed E-state index contributed by atoms with van der Waals surface area (Å²) >= 11 is 0. The molecule has 0 unspecified atom stereocenters. The SMILES string of the molecule is O=C(NCc1ccccc1)N1CCC[C@@](F)(C(=O)NCc2cccnc2)C1. The largest absolute Gasteiger partial charge is 0.349 e. The van der Waals surface area contributed by atoms with Gasteiger partial charge < -0.3 is 15.5 Å². The molecular weight excluding hydrogens is 347 g/mol. The molecule has 2 N–H and O–H groups in total. The zero-order valence-corrected chi connectivity index (χ0v) is 15.0. The Hall–Kier alpha value is -2.96. The molecule has 2 heterocycles. The van der Waals surface area contributed by atoms with Crippen molar-refractivity contribution in [2.45, 2.75) is 31.6 Å². The first-order chi connectivity index (χ1) is 13.1. The molecule has 3 amide bonds. The molecule has 1 aliphatic rings. The molecular formula is C20H23FN4O2. The van der Waals surface area contributed by atoms with Crippen molar-refractivity contribution in [3.05, 3.63) is 66.0 Å². The minimum absolute atomic E-state index is 0.105. The second-order valence-electron chi connectivity index (χ2n) is 6.68. The van der Waals surface area contributed by atoms with E-state index in [-0.39, 0.29) is 25.5 Å². The summed E-state index contributed by atoms with van der Waals surface area (Å²) < 4.78 is 15.2. The summed E-state index contributed by atoms with van der Waals surface area (Å²) in [4.78, 5) is 30.1. The zero-order valence-electron chi connectivity index (χ0n) is 15.0. The van der Waals surface area contributed by atoms with Gasteiger partial charge >= 0.3 is 6.03 Å². The van der Waals surface area contributed by atoms with Crippen LogP contribution in [0, 0.1) is 0 Å². The van der Waals surface area contributed by atoms with Gasteiger partial charge in [0.05, 0.1) is 6.54 Å². The highest BCUT2D eigenvalue weighted by atomic mass is 19.1. The highest BCUT2D eigenvalue weighted by molar-refractivity contribution is 5.86. The van der Waals surface area contributed by atoms with Crippen molar-refractivity contribution in [2.24, 2.45) is 0 Å². The second kappa shape index (κ2) is 8.62. The maximum Gasteiger partial charge on any atom is 0.317 e. The molecule has 1 saturated heterocycles. The number of carbonyl (C=O) groups excluding carboxylic acids is 2. The van der Waals surface area contributed by atoms with E-state index in [1.165, 1.54) is 4.90 Å². The minimum Gasteiger partial charge on any atom is -0.349 e. The van der Waals surface area contributed by atoms with Crippen LogP contribution >= 0.6 is 0 Å². The topological polar surface area (TPSA) is 74.3 Å². The Morgan fingerprint density at radius 2 is 1.81 bits per heavy atom. The first kappa shape index (κ1) is 18.8. The molecule has 0 spiro atoms. The number of rotatable bonds is 5. The van der Waals surface area contributed by atoms with Gasteiger partial charge in [-0.3, -0.25) is 9.78 Å². The number of piperidine rings is 1. The fraction of sp³-hybridized carbons (Fsp3) is 0.350. The van der Waals surface area contributed by atoms with Crippen molar-refractivity contribution in [3.63, 3.8) is 0 Å². The lowest BCUT2D eigenvalue weighted by molar-refractivity contribution is -0.136. The van der Waals surface area contributed by atoms with Crippen molar-refractivity contribution in [1.29, 1.82) is 0 Å². The van der Waals surface area contributed by atoms with Gasteiger partial charge in [0.2, 0.25) is 5.67 Å². The Morgan fingerprint density at radius 3 is 2.56 bits per heavy atom. The van der Waals surface area contributed by atoms with Crippen LogP contribution in [0.15, 0.2) is 54.9 Å². The average Bonchev–Trinajstić information content (AvgIpc) is 2.71. The predicted octanol–water partition coefficient (Wildman–Crippen LogP) is 2.41. The maximum atomic E-state index is 15.2. The molecule has 0 saturated carbocycles. The number of hydrogen-bond donors (Lipinski definition) is 2. The van der Waals surface area contributed by atoms with E-state index in [0.717, 1.165) is 11.1 Å². The van der Waals surface area contributed by atoms with Gasteiger partial charge in [0.15, 0.2) is 0 Å². The molecule has 0 aliphatic carbocycles. The van der Waals surface area contributed by atoms with Gasteiger partial charge in [0, 0.05) is 32.0 Å². The monoisotopic (exact) mass is 370 g/mol. The normalized spacial score (nSPS) is 19.4. The summed E-state index contributed by atoms with van der Waals surface area (Å²) in [7, 11) is 0. The second-order valence-corrected chi connectivity index (χ2v) is 6.68. The Labute approximate surface area is 157 Å². The lowest BCUT2D eigenvalue weighted by atomic mass is 9.94. The third kappa shape index (κ3) is 5.03. The predicted molar refractivity (Wildman–Crippen MR) is 99.4 cm³/mol. The number of pyridine rings is 1. The van der Waals surface area contributed by atoms with Gasteiger partial charge in [0.25, 0.3) is 5.91 Å². The smallest absolute Gasteiger partial charge is 0.317 e. The molecule has 1 atom stereocenters. The zero-order chi connectivity index (χ0) is 19.1. The van der Waals surface area contributed by atoms with Crippen LogP contribution in [0.25, 0.3) is 0 Å². The van der Waals surface area contributed by atoms with E-state index >= 15 is 4.39 Å². The molecule has 3 rings (SSSR count). The Kier molecular flexibility index (Phi) is 6.01. The van der Waals surface area contributed by atoms with Gasteiger partial charge in [-0.2, -0.15) is 0 Å². The quantitative estimate of drug-likeness (QED) is 0.849. The standard InChI is InChI=1S/C20H23FN4O2/c21-20(18(26)23-14-17-8-4-10-22-12-17)9-5-11-25(15-20)19(27)24-13-16-6-2-1-3-7-16/h1-4,6-8,10,12H,5,9,11,13-15H2,(H,23,26)(H,24,27)/t20-/m0/s1. The number of nitrogens with zero attached hydrogens (tertiary/aromatic N) is 2. The Morgan fingerprint density at radius 1 is 1.07 bits per heavy atom. The lowest BCUT2D eigenvalue weighted by Crippen LogP contribution is -2.57. The van der Waals surface area contributed by atoms with Crippen molar-refractivity contribution in [1.82, 2.24) is 20.5 Å². The maximum absolute atomic E-state index is 15.2. The van der Waals surface area contributed by atoms with Gasteiger partial charge in [-0.05, 0) is 30.0 Å². The number of amides is 3. The fourth-order valence-electron chi connectivity index (χ4n) is 3.10.